The molecule has 1 N–H and O–H groups in total. The molecule has 0 aromatic carbocycles. The van der Waals surface area contributed by atoms with Crippen molar-refractivity contribution in [3.05, 3.63) is 28.8 Å². The highest BCUT2D eigenvalue weighted by molar-refractivity contribution is 6.32. The van der Waals surface area contributed by atoms with Crippen LogP contribution in [0, 0.1) is 5.82 Å². The molecule has 0 saturated carbocycles. The maximum atomic E-state index is 13.0. The molecule has 0 unspecified atom stereocenters. The molecule has 0 spiro atoms. The molecule has 0 bridgehead atoms. The molecule has 0 atom stereocenters. The number of nitrogens with zero attached hydrogens (tertiary/aromatic N) is 2. The number of hydrogen-bond donors (Lipinski definition) is 1. The number of hydrogen-bond acceptors (Lipinski definition) is 3. The Balaban J connectivity index is 3.01. The SMILES string of the molecule is CCCN(CC(=O)O)C(=O)c1cc(F)cnc1Cl. The van der Waals surface area contributed by atoms with Gasteiger partial charge in [-0.1, -0.05) is 18.5 Å². The fourth-order valence-corrected chi connectivity index (χ4v) is 1.61. The Morgan fingerprint density at radius 1 is 1.56 bits per heavy atom. The van der Waals surface area contributed by atoms with Crippen LogP contribution in [0.2, 0.25) is 5.15 Å². The van der Waals surface area contributed by atoms with Crippen LogP contribution in [0.4, 0.5) is 4.39 Å². The predicted molar refractivity (Wildman–Crippen MR) is 63.0 cm³/mol. The standard InChI is InChI=1S/C11H12ClFN2O3/c1-2-3-15(6-9(16)17)11(18)8-4-7(13)5-14-10(8)12/h4-5H,2-3,6H2,1H3,(H,16,17). The highest BCUT2D eigenvalue weighted by Crippen LogP contribution is 2.16. The number of carboxylic acid groups (broad SMARTS) is 1. The van der Waals surface area contributed by atoms with E-state index in [2.05, 4.69) is 4.98 Å². The van der Waals surface area contributed by atoms with E-state index in [1.807, 2.05) is 0 Å². The predicted octanol–water partition coefficient (Wildman–Crippen LogP) is 1.81. The zero-order valence-corrected chi connectivity index (χ0v) is 10.4. The topological polar surface area (TPSA) is 70.5 Å². The average Bonchev–Trinajstić information content (AvgIpc) is 2.30. The summed E-state index contributed by atoms with van der Waals surface area (Å²) in [6, 6.07) is 0.947. The van der Waals surface area contributed by atoms with Gasteiger partial charge in [-0.3, -0.25) is 9.59 Å². The molecule has 0 aliphatic carbocycles. The highest BCUT2D eigenvalue weighted by atomic mass is 35.5. The molecule has 1 aromatic rings. The molecule has 0 aliphatic rings. The van der Waals surface area contributed by atoms with E-state index in [1.165, 1.54) is 0 Å². The largest absolute Gasteiger partial charge is 0.480 e. The fraction of sp³-hybridized carbons (Fsp3) is 0.364. The maximum absolute atomic E-state index is 13.0. The summed E-state index contributed by atoms with van der Waals surface area (Å²) >= 11 is 5.70. The minimum Gasteiger partial charge on any atom is -0.480 e. The van der Waals surface area contributed by atoms with E-state index in [4.69, 9.17) is 16.7 Å². The number of carboxylic acids is 1. The third-order valence-electron chi connectivity index (χ3n) is 2.14. The number of aliphatic carboxylic acids is 1. The van der Waals surface area contributed by atoms with Gasteiger partial charge in [-0.05, 0) is 12.5 Å². The molecule has 1 rings (SSSR count). The Morgan fingerprint density at radius 2 is 2.22 bits per heavy atom. The average molecular weight is 275 g/mol. The van der Waals surface area contributed by atoms with Crippen molar-refractivity contribution in [1.82, 2.24) is 9.88 Å². The summed E-state index contributed by atoms with van der Waals surface area (Å²) in [5.74, 6) is -2.48. The van der Waals surface area contributed by atoms with Gasteiger partial charge < -0.3 is 10.0 Å². The smallest absolute Gasteiger partial charge is 0.323 e. The quantitative estimate of drug-likeness (QED) is 0.832. The van der Waals surface area contributed by atoms with Gasteiger partial charge in [-0.25, -0.2) is 9.37 Å². The third kappa shape index (κ3) is 3.66. The van der Waals surface area contributed by atoms with Gasteiger partial charge in [0.2, 0.25) is 0 Å². The zero-order chi connectivity index (χ0) is 13.7. The lowest BCUT2D eigenvalue weighted by Gasteiger charge is -2.20. The first kappa shape index (κ1) is 14.4. The maximum Gasteiger partial charge on any atom is 0.323 e. The second-order valence-electron chi connectivity index (χ2n) is 3.61. The number of carbonyl (C=O) groups excluding carboxylic acids is 1. The summed E-state index contributed by atoms with van der Waals surface area (Å²) in [5.41, 5.74) is -0.133. The van der Waals surface area contributed by atoms with Gasteiger partial charge in [0.05, 0.1) is 11.8 Å². The molecule has 0 radical (unpaired) electrons. The van der Waals surface area contributed by atoms with Gasteiger partial charge in [0.15, 0.2) is 0 Å². The van der Waals surface area contributed by atoms with Crippen molar-refractivity contribution in [3.8, 4) is 0 Å². The lowest BCUT2D eigenvalue weighted by Crippen LogP contribution is -2.36. The van der Waals surface area contributed by atoms with Crippen molar-refractivity contribution in [2.45, 2.75) is 13.3 Å². The normalized spacial score (nSPS) is 10.2. The van der Waals surface area contributed by atoms with Crippen LogP contribution in [0.3, 0.4) is 0 Å². The van der Waals surface area contributed by atoms with Crippen LogP contribution in [0.25, 0.3) is 0 Å². The van der Waals surface area contributed by atoms with Crippen LogP contribution in [-0.2, 0) is 4.79 Å². The van der Waals surface area contributed by atoms with Crippen molar-refractivity contribution < 1.29 is 19.1 Å². The van der Waals surface area contributed by atoms with Gasteiger partial charge >= 0.3 is 5.97 Å². The molecule has 1 aromatic heterocycles. The van der Waals surface area contributed by atoms with Crippen molar-refractivity contribution in [1.29, 1.82) is 0 Å². The van der Waals surface area contributed by atoms with Crippen molar-refractivity contribution in [3.63, 3.8) is 0 Å². The van der Waals surface area contributed by atoms with Crippen LogP contribution in [-0.4, -0.2) is 40.0 Å². The fourth-order valence-electron chi connectivity index (χ4n) is 1.43. The second-order valence-corrected chi connectivity index (χ2v) is 3.97. The lowest BCUT2D eigenvalue weighted by molar-refractivity contribution is -0.137. The van der Waals surface area contributed by atoms with E-state index >= 15 is 0 Å². The summed E-state index contributed by atoms with van der Waals surface area (Å²) < 4.78 is 13.0. The van der Waals surface area contributed by atoms with Gasteiger partial charge in [0.25, 0.3) is 5.91 Å². The number of aromatic nitrogens is 1. The Hall–Kier alpha value is -1.69. The van der Waals surface area contributed by atoms with Crippen LogP contribution >= 0.6 is 11.6 Å². The Bertz CT molecular complexity index is 468. The summed E-state index contributed by atoms with van der Waals surface area (Å²) in [7, 11) is 0. The zero-order valence-electron chi connectivity index (χ0n) is 9.69. The highest BCUT2D eigenvalue weighted by Gasteiger charge is 2.21. The van der Waals surface area contributed by atoms with Gasteiger partial charge in [0.1, 0.15) is 17.5 Å². The molecular weight excluding hydrogens is 263 g/mol. The molecular formula is C11H12ClFN2O3. The third-order valence-corrected chi connectivity index (χ3v) is 2.44. The number of rotatable bonds is 5. The monoisotopic (exact) mass is 274 g/mol. The first-order valence-corrected chi connectivity index (χ1v) is 5.65. The van der Waals surface area contributed by atoms with E-state index in [9.17, 15) is 14.0 Å². The van der Waals surface area contributed by atoms with Crippen molar-refractivity contribution in [2.24, 2.45) is 0 Å². The lowest BCUT2D eigenvalue weighted by atomic mass is 10.2. The molecule has 7 heteroatoms. The van der Waals surface area contributed by atoms with Gasteiger partial charge in [-0.15, -0.1) is 0 Å². The Labute approximate surface area is 108 Å². The minimum atomic E-state index is -1.14. The molecule has 18 heavy (non-hydrogen) atoms. The van der Waals surface area contributed by atoms with Crippen LogP contribution in [0.15, 0.2) is 12.3 Å². The van der Waals surface area contributed by atoms with E-state index in [0.29, 0.717) is 6.42 Å². The summed E-state index contributed by atoms with van der Waals surface area (Å²) in [6.45, 7) is 1.59. The van der Waals surface area contributed by atoms with Gasteiger partial charge in [0, 0.05) is 6.54 Å². The van der Waals surface area contributed by atoms with Crippen molar-refractivity contribution in [2.75, 3.05) is 13.1 Å². The van der Waals surface area contributed by atoms with Gasteiger partial charge in [-0.2, -0.15) is 0 Å². The van der Waals surface area contributed by atoms with E-state index in [1.54, 1.807) is 6.92 Å². The molecule has 0 fully saturated rings. The van der Waals surface area contributed by atoms with E-state index < -0.39 is 24.2 Å². The van der Waals surface area contributed by atoms with Crippen LogP contribution in [0.5, 0.6) is 0 Å². The van der Waals surface area contributed by atoms with Crippen molar-refractivity contribution >= 4 is 23.5 Å². The van der Waals surface area contributed by atoms with Crippen LogP contribution in [0.1, 0.15) is 23.7 Å². The summed E-state index contributed by atoms with van der Waals surface area (Å²) in [4.78, 5) is 27.3. The molecule has 0 aliphatic heterocycles. The molecule has 1 amide bonds. The molecule has 5 nitrogen and oxygen atoms in total. The first-order chi connectivity index (χ1) is 8.45. The van der Waals surface area contributed by atoms with E-state index in [0.717, 1.165) is 17.2 Å². The summed E-state index contributed by atoms with van der Waals surface area (Å²) in [5, 5.41) is 8.57. The minimum absolute atomic E-state index is 0.133. The number of carbonyl (C=O) groups is 2. The molecule has 98 valence electrons. The summed E-state index contributed by atoms with van der Waals surface area (Å²) in [6.07, 6.45) is 1.47. The Kier molecular flexibility index (Phi) is 5.03. The number of pyridine rings is 1. The number of amides is 1. The number of halogens is 2. The second kappa shape index (κ2) is 6.30. The first-order valence-electron chi connectivity index (χ1n) is 5.27. The Morgan fingerprint density at radius 3 is 2.78 bits per heavy atom. The molecule has 1 heterocycles. The van der Waals surface area contributed by atoms with E-state index in [-0.39, 0.29) is 17.3 Å². The van der Waals surface area contributed by atoms with Crippen LogP contribution < -0.4 is 0 Å². The molecule has 0 saturated heterocycles.